The number of aldehydes is 1. The predicted molar refractivity (Wildman–Crippen MR) is 117 cm³/mol. The SMILES string of the molecule is O=CCc1ccc(-c2ccn3c(-c4cccc(NC(=O)NCC(F)(F)F)c4)cnc3c2)nc1. The average molecular weight is 453 g/mol. The van der Waals surface area contributed by atoms with Gasteiger partial charge in [-0.2, -0.15) is 13.2 Å². The Balaban J connectivity index is 1.55. The molecule has 0 aliphatic rings. The van der Waals surface area contributed by atoms with E-state index in [2.05, 4.69) is 15.3 Å². The molecule has 0 radical (unpaired) electrons. The lowest BCUT2D eigenvalue weighted by molar-refractivity contribution is -0.122. The van der Waals surface area contributed by atoms with Crippen LogP contribution in [0.5, 0.6) is 0 Å². The van der Waals surface area contributed by atoms with Crippen LogP contribution in [0, 0.1) is 0 Å². The van der Waals surface area contributed by atoms with Gasteiger partial charge in [0, 0.05) is 35.6 Å². The number of hydrogen-bond donors (Lipinski definition) is 2. The van der Waals surface area contributed by atoms with Gasteiger partial charge in [0.15, 0.2) is 0 Å². The number of halogens is 3. The smallest absolute Gasteiger partial charge is 0.329 e. The highest BCUT2D eigenvalue weighted by Crippen LogP contribution is 2.26. The van der Waals surface area contributed by atoms with Gasteiger partial charge in [-0.1, -0.05) is 18.2 Å². The molecule has 0 saturated heterocycles. The van der Waals surface area contributed by atoms with E-state index >= 15 is 0 Å². The molecule has 0 aliphatic heterocycles. The molecule has 0 aliphatic carbocycles. The van der Waals surface area contributed by atoms with Crippen molar-refractivity contribution >= 4 is 23.7 Å². The summed E-state index contributed by atoms with van der Waals surface area (Å²) in [6, 6.07) is 13.2. The van der Waals surface area contributed by atoms with E-state index in [4.69, 9.17) is 0 Å². The van der Waals surface area contributed by atoms with Gasteiger partial charge in [0.2, 0.25) is 0 Å². The van der Waals surface area contributed by atoms with Crippen molar-refractivity contribution in [3.05, 3.63) is 72.7 Å². The zero-order valence-corrected chi connectivity index (χ0v) is 17.1. The number of fused-ring (bicyclic) bond motifs is 1. The molecule has 0 saturated carbocycles. The molecule has 4 rings (SSSR count). The Hall–Kier alpha value is -4.21. The number of nitrogens with one attached hydrogen (secondary N) is 2. The van der Waals surface area contributed by atoms with Crippen LogP contribution in [0.15, 0.2) is 67.1 Å². The van der Waals surface area contributed by atoms with Gasteiger partial charge >= 0.3 is 12.2 Å². The van der Waals surface area contributed by atoms with Crippen LogP contribution >= 0.6 is 0 Å². The van der Waals surface area contributed by atoms with Crippen LogP contribution in [0.3, 0.4) is 0 Å². The van der Waals surface area contributed by atoms with E-state index in [0.29, 0.717) is 17.8 Å². The molecule has 2 N–H and O–H groups in total. The van der Waals surface area contributed by atoms with E-state index < -0.39 is 18.8 Å². The number of alkyl halides is 3. The summed E-state index contributed by atoms with van der Waals surface area (Å²) in [7, 11) is 0. The molecule has 168 valence electrons. The number of amides is 2. The fraction of sp³-hybridized carbons (Fsp3) is 0.130. The summed E-state index contributed by atoms with van der Waals surface area (Å²) >= 11 is 0. The van der Waals surface area contributed by atoms with Crippen LogP contribution in [0.1, 0.15) is 5.56 Å². The first-order valence-corrected chi connectivity index (χ1v) is 9.90. The van der Waals surface area contributed by atoms with Gasteiger partial charge in [0.25, 0.3) is 0 Å². The lowest BCUT2D eigenvalue weighted by atomic mass is 10.1. The number of pyridine rings is 2. The van der Waals surface area contributed by atoms with E-state index in [1.807, 2.05) is 40.9 Å². The summed E-state index contributed by atoms with van der Waals surface area (Å²) in [5.41, 5.74) is 4.91. The molecule has 3 aromatic heterocycles. The molecule has 2 amide bonds. The first-order valence-electron chi connectivity index (χ1n) is 9.90. The van der Waals surface area contributed by atoms with Gasteiger partial charge in [-0.15, -0.1) is 0 Å². The fourth-order valence-electron chi connectivity index (χ4n) is 3.28. The van der Waals surface area contributed by atoms with Gasteiger partial charge in [0.1, 0.15) is 18.5 Å². The topological polar surface area (TPSA) is 88.4 Å². The van der Waals surface area contributed by atoms with Crippen molar-refractivity contribution in [2.24, 2.45) is 0 Å². The molecule has 0 unspecified atom stereocenters. The van der Waals surface area contributed by atoms with Crippen molar-refractivity contribution in [2.75, 3.05) is 11.9 Å². The molecular formula is C23H18F3N5O2. The Morgan fingerprint density at radius 1 is 1.03 bits per heavy atom. The summed E-state index contributed by atoms with van der Waals surface area (Å²) in [6.45, 7) is -1.41. The van der Waals surface area contributed by atoms with Crippen LogP contribution in [0.25, 0.3) is 28.2 Å². The van der Waals surface area contributed by atoms with E-state index in [0.717, 1.165) is 34.4 Å². The Morgan fingerprint density at radius 2 is 1.88 bits per heavy atom. The normalized spacial score (nSPS) is 11.4. The van der Waals surface area contributed by atoms with Crippen molar-refractivity contribution in [3.63, 3.8) is 0 Å². The third-order valence-corrected chi connectivity index (χ3v) is 4.82. The largest absolute Gasteiger partial charge is 0.405 e. The van der Waals surface area contributed by atoms with Gasteiger partial charge < -0.3 is 15.4 Å². The maximum absolute atomic E-state index is 12.3. The van der Waals surface area contributed by atoms with Crippen molar-refractivity contribution in [1.82, 2.24) is 19.7 Å². The van der Waals surface area contributed by atoms with E-state index in [1.54, 1.807) is 35.9 Å². The molecule has 33 heavy (non-hydrogen) atoms. The Bertz CT molecular complexity index is 1300. The number of carbonyl (C=O) groups excluding carboxylic acids is 2. The number of hydrogen-bond acceptors (Lipinski definition) is 4. The molecule has 10 heteroatoms. The second kappa shape index (κ2) is 9.11. The third-order valence-electron chi connectivity index (χ3n) is 4.82. The minimum atomic E-state index is -4.48. The van der Waals surface area contributed by atoms with E-state index in [-0.39, 0.29) is 0 Å². The van der Waals surface area contributed by atoms with Crippen LogP contribution < -0.4 is 10.6 Å². The van der Waals surface area contributed by atoms with Crippen molar-refractivity contribution in [1.29, 1.82) is 0 Å². The monoisotopic (exact) mass is 453 g/mol. The lowest BCUT2D eigenvalue weighted by Gasteiger charge is -2.11. The molecule has 1 aromatic carbocycles. The van der Waals surface area contributed by atoms with Crippen LogP contribution in [0.4, 0.5) is 23.7 Å². The highest BCUT2D eigenvalue weighted by molar-refractivity contribution is 5.90. The first-order chi connectivity index (χ1) is 15.8. The minimum Gasteiger partial charge on any atom is -0.329 e. The standard InChI is InChI=1S/C23H18F3N5O2/c24-23(25,26)14-29-22(33)30-18-3-1-2-17(10-18)20-13-28-21-11-16(6-8-31(20)21)19-5-4-15(7-9-32)12-27-19/h1-6,8-13H,7,14H2,(H2,29,30,33). The van der Waals surface area contributed by atoms with Gasteiger partial charge in [-0.05, 0) is 35.9 Å². The van der Waals surface area contributed by atoms with Crippen LogP contribution in [-0.2, 0) is 11.2 Å². The number of benzene rings is 1. The van der Waals surface area contributed by atoms with Crippen molar-refractivity contribution in [2.45, 2.75) is 12.6 Å². The number of rotatable bonds is 6. The maximum Gasteiger partial charge on any atom is 0.405 e. The Morgan fingerprint density at radius 3 is 2.61 bits per heavy atom. The quantitative estimate of drug-likeness (QED) is 0.421. The second-order valence-electron chi connectivity index (χ2n) is 7.21. The maximum atomic E-state index is 12.3. The minimum absolute atomic E-state index is 0.313. The molecule has 0 fully saturated rings. The summed E-state index contributed by atoms with van der Waals surface area (Å²) in [5, 5.41) is 4.17. The molecule has 3 heterocycles. The number of imidazole rings is 1. The molecule has 0 spiro atoms. The zero-order chi connectivity index (χ0) is 23.4. The number of anilines is 1. The van der Waals surface area contributed by atoms with Crippen LogP contribution in [-0.4, -0.2) is 39.4 Å². The Kier molecular flexibility index (Phi) is 6.07. The number of aromatic nitrogens is 3. The summed E-state index contributed by atoms with van der Waals surface area (Å²) in [5.74, 6) is 0. The summed E-state index contributed by atoms with van der Waals surface area (Å²) < 4.78 is 38.7. The highest BCUT2D eigenvalue weighted by Gasteiger charge is 2.27. The van der Waals surface area contributed by atoms with Gasteiger partial charge in [0.05, 0.1) is 17.6 Å². The third kappa shape index (κ3) is 5.35. The second-order valence-corrected chi connectivity index (χ2v) is 7.21. The summed E-state index contributed by atoms with van der Waals surface area (Å²) in [4.78, 5) is 31.2. The molecule has 0 atom stereocenters. The predicted octanol–water partition coefficient (Wildman–Crippen LogP) is 4.49. The molecule has 7 nitrogen and oxygen atoms in total. The van der Waals surface area contributed by atoms with E-state index in [9.17, 15) is 22.8 Å². The molecule has 0 bridgehead atoms. The molecular weight excluding hydrogens is 435 g/mol. The Labute approximate surface area is 186 Å². The zero-order valence-electron chi connectivity index (χ0n) is 17.1. The van der Waals surface area contributed by atoms with Crippen molar-refractivity contribution in [3.8, 4) is 22.5 Å². The van der Waals surface area contributed by atoms with Gasteiger partial charge in [-0.3, -0.25) is 9.38 Å². The lowest BCUT2D eigenvalue weighted by Crippen LogP contribution is -2.36. The van der Waals surface area contributed by atoms with Crippen molar-refractivity contribution < 1.29 is 22.8 Å². The van der Waals surface area contributed by atoms with E-state index in [1.165, 1.54) is 0 Å². The first kappa shape index (κ1) is 22.0. The number of carbonyl (C=O) groups is 2. The highest BCUT2D eigenvalue weighted by atomic mass is 19.4. The van der Waals surface area contributed by atoms with Crippen LogP contribution in [0.2, 0.25) is 0 Å². The number of urea groups is 1. The fourth-order valence-corrected chi connectivity index (χ4v) is 3.28. The summed E-state index contributed by atoms with van der Waals surface area (Å²) in [6.07, 6.45) is 1.82. The average Bonchev–Trinajstić information content (AvgIpc) is 3.22. The molecule has 4 aromatic rings. The number of nitrogens with zero attached hydrogens (tertiary/aromatic N) is 3. The van der Waals surface area contributed by atoms with Gasteiger partial charge in [-0.25, -0.2) is 9.78 Å².